The SMILES string of the molecule is NC(=O)CN1C(c2ccc(Br)cc2)=CN2c3ccccc3SC12. The molecule has 2 N–H and O–H groups in total. The second-order valence-corrected chi connectivity index (χ2v) is 7.45. The lowest BCUT2D eigenvalue weighted by atomic mass is 10.1. The van der Waals surface area contributed by atoms with Crippen molar-refractivity contribution in [2.75, 3.05) is 11.4 Å². The zero-order valence-electron chi connectivity index (χ0n) is 12.1. The number of nitrogens with zero attached hydrogens (tertiary/aromatic N) is 2. The Morgan fingerprint density at radius 2 is 1.91 bits per heavy atom. The van der Waals surface area contributed by atoms with Gasteiger partial charge in [0.25, 0.3) is 0 Å². The van der Waals surface area contributed by atoms with Crippen molar-refractivity contribution in [1.29, 1.82) is 0 Å². The van der Waals surface area contributed by atoms with Gasteiger partial charge in [0.2, 0.25) is 5.91 Å². The van der Waals surface area contributed by atoms with E-state index in [0.29, 0.717) is 0 Å². The van der Waals surface area contributed by atoms with Crippen molar-refractivity contribution in [3.63, 3.8) is 0 Å². The molecular weight excluding hydrogens is 374 g/mol. The van der Waals surface area contributed by atoms with E-state index in [1.165, 1.54) is 10.6 Å². The molecule has 0 saturated heterocycles. The fraction of sp³-hybridized carbons (Fsp3) is 0.118. The predicted octanol–water partition coefficient (Wildman–Crippen LogP) is 3.44. The topological polar surface area (TPSA) is 49.6 Å². The number of anilines is 1. The zero-order valence-corrected chi connectivity index (χ0v) is 14.5. The average molecular weight is 388 g/mol. The highest BCUT2D eigenvalue weighted by molar-refractivity contribution is 9.10. The first kappa shape index (κ1) is 14.7. The van der Waals surface area contributed by atoms with Crippen LogP contribution in [0.4, 0.5) is 5.69 Å². The van der Waals surface area contributed by atoms with Gasteiger partial charge in [-0.05, 0) is 29.8 Å². The van der Waals surface area contributed by atoms with Gasteiger partial charge in [-0.3, -0.25) is 4.79 Å². The number of halogens is 1. The number of carbonyl (C=O) groups excluding carboxylic acids is 1. The average Bonchev–Trinajstić information content (AvgIpc) is 3.05. The highest BCUT2D eigenvalue weighted by atomic mass is 79.9. The molecule has 116 valence electrons. The summed E-state index contributed by atoms with van der Waals surface area (Å²) in [5.41, 5.74) is 8.78. The third kappa shape index (κ3) is 2.52. The Morgan fingerprint density at radius 1 is 1.17 bits per heavy atom. The molecule has 0 saturated carbocycles. The fourth-order valence-corrected chi connectivity index (χ4v) is 4.47. The molecule has 0 bridgehead atoms. The van der Waals surface area contributed by atoms with Gasteiger partial charge in [-0.25, -0.2) is 0 Å². The molecule has 2 aromatic carbocycles. The number of hydrogen-bond donors (Lipinski definition) is 1. The summed E-state index contributed by atoms with van der Waals surface area (Å²) in [5, 5.41) is 0. The van der Waals surface area contributed by atoms with Gasteiger partial charge >= 0.3 is 0 Å². The smallest absolute Gasteiger partial charge is 0.237 e. The van der Waals surface area contributed by atoms with E-state index in [9.17, 15) is 4.79 Å². The summed E-state index contributed by atoms with van der Waals surface area (Å²) >= 11 is 5.20. The van der Waals surface area contributed by atoms with Gasteiger partial charge in [0.15, 0.2) is 5.50 Å². The first-order valence-electron chi connectivity index (χ1n) is 7.20. The predicted molar refractivity (Wildman–Crippen MR) is 96.6 cm³/mol. The summed E-state index contributed by atoms with van der Waals surface area (Å²) in [4.78, 5) is 17.1. The van der Waals surface area contributed by atoms with Gasteiger partial charge < -0.3 is 15.5 Å². The van der Waals surface area contributed by atoms with Crippen LogP contribution in [-0.2, 0) is 4.79 Å². The number of carbonyl (C=O) groups is 1. The normalized spacial score (nSPS) is 18.7. The van der Waals surface area contributed by atoms with Crippen molar-refractivity contribution >= 4 is 45.0 Å². The quantitative estimate of drug-likeness (QED) is 0.875. The van der Waals surface area contributed by atoms with Crippen molar-refractivity contribution in [1.82, 2.24) is 4.90 Å². The van der Waals surface area contributed by atoms with Crippen LogP contribution in [0.1, 0.15) is 5.56 Å². The van der Waals surface area contributed by atoms with Crippen molar-refractivity contribution in [3.8, 4) is 0 Å². The zero-order chi connectivity index (χ0) is 16.0. The Labute approximate surface area is 147 Å². The maximum Gasteiger partial charge on any atom is 0.237 e. The third-order valence-corrected chi connectivity index (χ3v) is 5.74. The van der Waals surface area contributed by atoms with Crippen LogP contribution in [0.25, 0.3) is 5.70 Å². The summed E-state index contributed by atoms with van der Waals surface area (Å²) in [6.07, 6.45) is 2.11. The van der Waals surface area contributed by atoms with Crippen LogP contribution < -0.4 is 10.6 Å². The molecule has 0 spiro atoms. The number of hydrogen-bond acceptors (Lipinski definition) is 4. The Bertz CT molecular complexity index is 806. The molecule has 6 heteroatoms. The molecule has 2 aromatic rings. The summed E-state index contributed by atoms with van der Waals surface area (Å²) in [6.45, 7) is 0.198. The molecule has 4 rings (SSSR count). The minimum Gasteiger partial charge on any atom is -0.368 e. The molecule has 0 aromatic heterocycles. The minimum atomic E-state index is -0.327. The second-order valence-electron chi connectivity index (χ2n) is 5.43. The second kappa shape index (κ2) is 5.62. The Kier molecular flexibility index (Phi) is 3.58. The monoisotopic (exact) mass is 387 g/mol. The molecule has 23 heavy (non-hydrogen) atoms. The summed E-state index contributed by atoms with van der Waals surface area (Å²) < 4.78 is 1.03. The molecule has 2 aliphatic heterocycles. The molecule has 0 aliphatic carbocycles. The van der Waals surface area contributed by atoms with Crippen molar-refractivity contribution in [2.24, 2.45) is 5.73 Å². The number of nitrogens with two attached hydrogens (primary N) is 1. The number of amides is 1. The molecule has 0 fully saturated rings. The molecule has 4 nitrogen and oxygen atoms in total. The summed E-state index contributed by atoms with van der Waals surface area (Å²) in [5.74, 6) is -0.327. The Balaban J connectivity index is 1.77. The highest BCUT2D eigenvalue weighted by Gasteiger charge is 2.40. The highest BCUT2D eigenvalue weighted by Crippen LogP contribution is 2.50. The van der Waals surface area contributed by atoms with Crippen LogP contribution >= 0.6 is 27.7 Å². The first-order valence-corrected chi connectivity index (χ1v) is 8.87. The molecule has 0 radical (unpaired) electrons. The summed E-state index contributed by atoms with van der Waals surface area (Å²) in [7, 11) is 0. The largest absolute Gasteiger partial charge is 0.368 e. The van der Waals surface area contributed by atoms with Gasteiger partial charge in [0, 0.05) is 15.6 Å². The van der Waals surface area contributed by atoms with E-state index in [1.807, 2.05) is 36.4 Å². The van der Waals surface area contributed by atoms with E-state index < -0.39 is 0 Å². The minimum absolute atomic E-state index is 0.0403. The maximum absolute atomic E-state index is 11.6. The van der Waals surface area contributed by atoms with Crippen LogP contribution in [0.5, 0.6) is 0 Å². The lowest BCUT2D eigenvalue weighted by molar-refractivity contribution is -0.118. The Hall–Kier alpha value is -1.92. The number of fused-ring (bicyclic) bond motifs is 3. The van der Waals surface area contributed by atoms with Crippen LogP contribution in [0.15, 0.2) is 64.1 Å². The van der Waals surface area contributed by atoms with E-state index in [2.05, 4.69) is 44.1 Å². The first-order chi connectivity index (χ1) is 11.1. The molecule has 1 unspecified atom stereocenters. The molecule has 1 atom stereocenters. The lowest BCUT2D eigenvalue weighted by Crippen LogP contribution is -2.39. The van der Waals surface area contributed by atoms with Crippen LogP contribution in [0.2, 0.25) is 0 Å². The van der Waals surface area contributed by atoms with Gasteiger partial charge in [0.1, 0.15) is 0 Å². The standard InChI is InChI=1S/C17H14BrN3OS/c18-12-7-5-11(6-8-12)14-9-20-13-3-1-2-4-15(13)23-17(20)21(14)10-16(19)22/h1-9,17H,10H2,(H2,19,22). The van der Waals surface area contributed by atoms with Crippen LogP contribution in [-0.4, -0.2) is 22.8 Å². The number of thioether (sulfide) groups is 1. The number of para-hydroxylation sites is 1. The van der Waals surface area contributed by atoms with E-state index in [1.54, 1.807) is 11.8 Å². The van der Waals surface area contributed by atoms with Gasteiger partial charge in [-0.1, -0.05) is 52.0 Å². The van der Waals surface area contributed by atoms with Crippen molar-refractivity contribution in [3.05, 3.63) is 64.8 Å². The van der Waals surface area contributed by atoms with Crippen molar-refractivity contribution in [2.45, 2.75) is 10.4 Å². The van der Waals surface area contributed by atoms with E-state index >= 15 is 0 Å². The third-order valence-electron chi connectivity index (χ3n) is 3.92. The van der Waals surface area contributed by atoms with Crippen molar-refractivity contribution < 1.29 is 4.79 Å². The number of rotatable bonds is 3. The molecule has 1 amide bonds. The fourth-order valence-electron chi connectivity index (χ4n) is 2.92. The van der Waals surface area contributed by atoms with E-state index in [-0.39, 0.29) is 17.9 Å². The Morgan fingerprint density at radius 3 is 2.65 bits per heavy atom. The van der Waals surface area contributed by atoms with Gasteiger partial charge in [-0.15, -0.1) is 0 Å². The lowest BCUT2D eigenvalue weighted by Gasteiger charge is -2.28. The van der Waals surface area contributed by atoms with Crippen LogP contribution in [0, 0.1) is 0 Å². The summed E-state index contributed by atoms with van der Waals surface area (Å²) in [6, 6.07) is 16.4. The molecule has 2 aliphatic rings. The molecular formula is C17H14BrN3OS. The van der Waals surface area contributed by atoms with E-state index in [0.717, 1.165) is 15.7 Å². The van der Waals surface area contributed by atoms with Gasteiger partial charge in [-0.2, -0.15) is 0 Å². The molecule has 2 heterocycles. The number of benzene rings is 2. The number of primary amides is 1. The van der Waals surface area contributed by atoms with Crippen LogP contribution in [0.3, 0.4) is 0 Å². The van der Waals surface area contributed by atoms with E-state index in [4.69, 9.17) is 5.73 Å². The maximum atomic E-state index is 11.6. The van der Waals surface area contributed by atoms with Gasteiger partial charge in [0.05, 0.1) is 17.9 Å².